The first kappa shape index (κ1) is 20.2. The van der Waals surface area contributed by atoms with Gasteiger partial charge in [0.25, 0.3) is 0 Å². The second-order valence-corrected chi connectivity index (χ2v) is 9.67. The maximum absolute atomic E-state index is 12.9. The third-order valence-electron chi connectivity index (χ3n) is 3.79. The average Bonchev–Trinajstić information content (AvgIpc) is 2.52. The first-order valence-corrected chi connectivity index (χ1v) is 10.8. The van der Waals surface area contributed by atoms with Crippen molar-refractivity contribution in [1.29, 1.82) is 0 Å². The average molecular weight is 423 g/mol. The summed E-state index contributed by atoms with van der Waals surface area (Å²) in [5, 5.41) is 5.11. The maximum atomic E-state index is 12.9. The highest BCUT2D eigenvalue weighted by molar-refractivity contribution is 7.89. The minimum Gasteiger partial charge on any atom is -0.225 e. The van der Waals surface area contributed by atoms with Gasteiger partial charge in [-0.2, -0.15) is 4.31 Å². The Kier molecular flexibility index (Phi) is 5.82. The molecule has 25 heavy (non-hydrogen) atoms. The molecule has 2 rings (SSSR count). The molecule has 0 aliphatic rings. The van der Waals surface area contributed by atoms with Gasteiger partial charge >= 0.3 is 0 Å². The van der Waals surface area contributed by atoms with Crippen LogP contribution in [0, 0.1) is 0 Å². The number of benzene rings is 2. The third-order valence-corrected chi connectivity index (χ3v) is 7.61. The van der Waals surface area contributed by atoms with Crippen LogP contribution < -0.4 is 5.14 Å². The highest BCUT2D eigenvalue weighted by Gasteiger charge is 2.30. The highest BCUT2D eigenvalue weighted by Crippen LogP contribution is 2.34. The van der Waals surface area contributed by atoms with E-state index in [0.29, 0.717) is 5.56 Å². The van der Waals surface area contributed by atoms with Gasteiger partial charge in [0.2, 0.25) is 20.0 Å². The van der Waals surface area contributed by atoms with Crippen molar-refractivity contribution in [3.05, 3.63) is 58.1 Å². The van der Waals surface area contributed by atoms with Crippen LogP contribution in [0.1, 0.15) is 18.5 Å². The maximum Gasteiger partial charge on any atom is 0.246 e. The molecule has 0 spiro atoms. The van der Waals surface area contributed by atoms with E-state index in [1.54, 1.807) is 13.0 Å². The van der Waals surface area contributed by atoms with E-state index in [1.165, 1.54) is 43.4 Å². The van der Waals surface area contributed by atoms with Crippen LogP contribution >= 0.6 is 23.2 Å². The molecular weight excluding hydrogens is 407 g/mol. The Morgan fingerprint density at radius 3 is 1.88 bits per heavy atom. The number of hydrogen-bond acceptors (Lipinski definition) is 4. The number of hydrogen-bond donors (Lipinski definition) is 1. The predicted molar refractivity (Wildman–Crippen MR) is 97.6 cm³/mol. The van der Waals surface area contributed by atoms with Crippen LogP contribution in [0.4, 0.5) is 0 Å². The van der Waals surface area contributed by atoms with Crippen LogP contribution in [-0.4, -0.2) is 28.2 Å². The van der Waals surface area contributed by atoms with Crippen LogP contribution in [0.3, 0.4) is 0 Å². The number of nitrogens with two attached hydrogens (primary N) is 1. The number of halogens is 2. The molecule has 10 heteroatoms. The Balaban J connectivity index is 2.41. The highest BCUT2D eigenvalue weighted by atomic mass is 35.5. The first-order chi connectivity index (χ1) is 11.5. The van der Waals surface area contributed by atoms with Gasteiger partial charge < -0.3 is 0 Å². The van der Waals surface area contributed by atoms with E-state index < -0.39 is 26.1 Å². The lowest BCUT2D eigenvalue weighted by Gasteiger charge is -2.25. The van der Waals surface area contributed by atoms with Crippen LogP contribution in [0.15, 0.2) is 52.3 Å². The van der Waals surface area contributed by atoms with Crippen molar-refractivity contribution in [3.8, 4) is 0 Å². The van der Waals surface area contributed by atoms with Crippen molar-refractivity contribution < 1.29 is 16.8 Å². The molecule has 1 atom stereocenters. The van der Waals surface area contributed by atoms with Crippen LogP contribution in [-0.2, 0) is 20.0 Å². The van der Waals surface area contributed by atoms with E-state index in [9.17, 15) is 16.8 Å². The Morgan fingerprint density at radius 1 is 0.960 bits per heavy atom. The molecule has 0 bridgehead atoms. The van der Waals surface area contributed by atoms with Gasteiger partial charge in [-0.15, -0.1) is 0 Å². The van der Waals surface area contributed by atoms with E-state index >= 15 is 0 Å². The smallest absolute Gasteiger partial charge is 0.225 e. The number of primary sulfonamides is 1. The monoisotopic (exact) mass is 422 g/mol. The fourth-order valence-corrected chi connectivity index (χ4v) is 5.18. The van der Waals surface area contributed by atoms with E-state index in [0.717, 1.165) is 4.31 Å². The molecule has 0 aliphatic heterocycles. The molecule has 0 fully saturated rings. The Hall–Kier alpha value is -1.16. The molecule has 0 amide bonds. The lowest BCUT2D eigenvalue weighted by Crippen LogP contribution is -2.30. The molecule has 1 unspecified atom stereocenters. The standard InChI is InChI=1S/C15H16Cl2N2O4S2/c1-10(11-6-8-12(9-7-11)24(18,20)21)19(2)25(22,23)15-13(16)4-3-5-14(15)17/h3-10H,1-2H3,(H2,18,20,21). The summed E-state index contributed by atoms with van der Waals surface area (Å²) in [5.74, 6) is 0. The fourth-order valence-electron chi connectivity index (χ4n) is 2.23. The second kappa shape index (κ2) is 7.22. The van der Waals surface area contributed by atoms with Gasteiger partial charge in [-0.05, 0) is 36.8 Å². The zero-order valence-corrected chi connectivity index (χ0v) is 16.5. The topological polar surface area (TPSA) is 97.5 Å². The molecule has 2 N–H and O–H groups in total. The quantitative estimate of drug-likeness (QED) is 0.800. The molecule has 136 valence electrons. The summed E-state index contributed by atoms with van der Waals surface area (Å²) in [6.07, 6.45) is 0. The molecule has 0 aliphatic carbocycles. The Bertz CT molecular complexity index is 970. The predicted octanol–water partition coefficient (Wildman–Crippen LogP) is 3.02. The minimum absolute atomic E-state index is 0.0242. The summed E-state index contributed by atoms with van der Waals surface area (Å²) in [4.78, 5) is -0.225. The van der Waals surface area contributed by atoms with Gasteiger partial charge in [0.05, 0.1) is 14.9 Å². The zero-order chi connectivity index (χ0) is 19.0. The van der Waals surface area contributed by atoms with E-state index in [4.69, 9.17) is 28.3 Å². The lowest BCUT2D eigenvalue weighted by atomic mass is 10.1. The SMILES string of the molecule is CC(c1ccc(S(N)(=O)=O)cc1)N(C)S(=O)(=O)c1c(Cl)cccc1Cl. The molecule has 0 aromatic heterocycles. The van der Waals surface area contributed by atoms with E-state index in [-0.39, 0.29) is 19.8 Å². The number of nitrogens with zero attached hydrogens (tertiary/aromatic N) is 1. The van der Waals surface area contributed by atoms with Gasteiger partial charge in [0.15, 0.2) is 0 Å². The van der Waals surface area contributed by atoms with Crippen LogP contribution in [0.5, 0.6) is 0 Å². The van der Waals surface area contributed by atoms with Crippen molar-refractivity contribution in [3.63, 3.8) is 0 Å². The van der Waals surface area contributed by atoms with E-state index in [1.807, 2.05) is 0 Å². The molecule has 0 heterocycles. The Morgan fingerprint density at radius 2 is 1.44 bits per heavy atom. The third kappa shape index (κ3) is 4.16. The summed E-state index contributed by atoms with van der Waals surface area (Å²) in [6, 6.07) is 9.51. The normalized spacial score (nSPS) is 13.8. The summed E-state index contributed by atoms with van der Waals surface area (Å²) in [7, 11) is -6.38. The summed E-state index contributed by atoms with van der Waals surface area (Å²) < 4.78 is 49.4. The summed E-state index contributed by atoms with van der Waals surface area (Å²) in [5.41, 5.74) is 0.585. The molecule has 6 nitrogen and oxygen atoms in total. The molecular formula is C15H16Cl2N2O4S2. The van der Waals surface area contributed by atoms with Gasteiger partial charge in [-0.25, -0.2) is 22.0 Å². The minimum atomic E-state index is -3.96. The van der Waals surface area contributed by atoms with Gasteiger partial charge in [0.1, 0.15) is 4.90 Å². The Labute approximate surface area is 157 Å². The summed E-state index contributed by atoms with van der Waals surface area (Å²) in [6.45, 7) is 1.66. The van der Waals surface area contributed by atoms with Crippen LogP contribution in [0.2, 0.25) is 10.0 Å². The number of rotatable bonds is 5. The van der Waals surface area contributed by atoms with Crippen molar-refractivity contribution in [1.82, 2.24) is 4.31 Å². The van der Waals surface area contributed by atoms with Crippen molar-refractivity contribution in [2.45, 2.75) is 22.8 Å². The largest absolute Gasteiger partial charge is 0.246 e. The lowest BCUT2D eigenvalue weighted by molar-refractivity contribution is 0.398. The van der Waals surface area contributed by atoms with Gasteiger partial charge in [-0.3, -0.25) is 0 Å². The number of sulfonamides is 2. The molecule has 0 radical (unpaired) electrons. The van der Waals surface area contributed by atoms with Crippen molar-refractivity contribution >= 4 is 43.2 Å². The molecule has 2 aromatic rings. The van der Waals surface area contributed by atoms with Gasteiger partial charge in [0, 0.05) is 13.1 Å². The molecule has 0 saturated carbocycles. The second-order valence-electron chi connectivity index (χ2n) is 5.36. The molecule has 2 aromatic carbocycles. The van der Waals surface area contributed by atoms with Gasteiger partial charge in [-0.1, -0.05) is 41.4 Å². The van der Waals surface area contributed by atoms with E-state index in [2.05, 4.69) is 0 Å². The first-order valence-electron chi connectivity index (χ1n) is 7.01. The van der Waals surface area contributed by atoms with Crippen LogP contribution in [0.25, 0.3) is 0 Å². The fraction of sp³-hybridized carbons (Fsp3) is 0.200. The molecule has 0 saturated heterocycles. The zero-order valence-electron chi connectivity index (χ0n) is 13.3. The summed E-state index contributed by atoms with van der Waals surface area (Å²) >= 11 is 12.0. The van der Waals surface area contributed by atoms with Crippen molar-refractivity contribution in [2.75, 3.05) is 7.05 Å². The van der Waals surface area contributed by atoms with Crippen molar-refractivity contribution in [2.24, 2.45) is 5.14 Å².